The van der Waals surface area contributed by atoms with E-state index >= 15 is 0 Å². The normalized spacial score (nSPS) is 40.1. The molecule has 2 heteroatoms. The smallest absolute Gasteiger partial charge is 0.0679 e. The molecule has 0 aromatic rings. The van der Waals surface area contributed by atoms with Crippen LogP contribution in [0.1, 0.15) is 32.1 Å². The maximum atomic E-state index is 9.30. The van der Waals surface area contributed by atoms with Crippen LogP contribution in [0.2, 0.25) is 0 Å². The number of β-amino-alcohol motifs (C(OH)–C–C–N with tert-alkyl or cyclic N) is 1. The predicted octanol–water partition coefficient (Wildman–Crippen LogP) is 0.899. The van der Waals surface area contributed by atoms with Crippen molar-refractivity contribution in [2.75, 3.05) is 6.54 Å². The lowest BCUT2D eigenvalue weighted by Crippen LogP contribution is -2.28. The summed E-state index contributed by atoms with van der Waals surface area (Å²) in [4.78, 5) is 0. The van der Waals surface area contributed by atoms with Crippen molar-refractivity contribution in [2.45, 2.75) is 44.2 Å². The van der Waals surface area contributed by atoms with Crippen LogP contribution in [-0.4, -0.2) is 23.8 Å². The average molecular weight is 155 g/mol. The van der Waals surface area contributed by atoms with Gasteiger partial charge in [-0.3, -0.25) is 0 Å². The molecule has 0 spiro atoms. The number of hydrogen-bond acceptors (Lipinski definition) is 2. The maximum Gasteiger partial charge on any atom is 0.0679 e. The fourth-order valence-electron chi connectivity index (χ4n) is 2.47. The van der Waals surface area contributed by atoms with Gasteiger partial charge < -0.3 is 10.4 Å². The number of hydrogen-bond donors (Lipinski definition) is 2. The van der Waals surface area contributed by atoms with Crippen LogP contribution >= 0.6 is 0 Å². The van der Waals surface area contributed by atoms with E-state index in [0.29, 0.717) is 6.04 Å². The fourth-order valence-corrected chi connectivity index (χ4v) is 2.47. The highest BCUT2D eigenvalue weighted by Crippen LogP contribution is 2.31. The number of nitrogens with one attached hydrogen (secondary N) is 1. The highest BCUT2D eigenvalue weighted by Gasteiger charge is 2.30. The largest absolute Gasteiger partial charge is 0.392 e. The van der Waals surface area contributed by atoms with Crippen LogP contribution in [0.25, 0.3) is 0 Å². The van der Waals surface area contributed by atoms with Gasteiger partial charge in [-0.25, -0.2) is 0 Å². The predicted molar refractivity (Wildman–Crippen MR) is 44.4 cm³/mol. The molecular formula is C9H17NO. The van der Waals surface area contributed by atoms with Gasteiger partial charge in [-0.15, -0.1) is 0 Å². The zero-order valence-corrected chi connectivity index (χ0v) is 6.92. The second kappa shape index (κ2) is 3.11. The van der Waals surface area contributed by atoms with E-state index in [-0.39, 0.29) is 6.10 Å². The van der Waals surface area contributed by atoms with E-state index in [2.05, 4.69) is 5.32 Å². The average Bonchev–Trinajstić information content (AvgIpc) is 2.55. The third-order valence-electron chi connectivity index (χ3n) is 3.11. The minimum Gasteiger partial charge on any atom is -0.392 e. The summed E-state index contributed by atoms with van der Waals surface area (Å²) in [6.45, 7) is 0.821. The topological polar surface area (TPSA) is 32.3 Å². The van der Waals surface area contributed by atoms with Crippen LogP contribution in [0.4, 0.5) is 0 Å². The van der Waals surface area contributed by atoms with E-state index in [1.54, 1.807) is 0 Å². The second-order valence-corrected chi connectivity index (χ2v) is 3.95. The summed E-state index contributed by atoms with van der Waals surface area (Å²) in [7, 11) is 0. The molecule has 64 valence electrons. The Balaban J connectivity index is 1.85. The first-order valence-corrected chi connectivity index (χ1v) is 4.78. The van der Waals surface area contributed by atoms with Crippen molar-refractivity contribution >= 4 is 0 Å². The molecule has 11 heavy (non-hydrogen) atoms. The van der Waals surface area contributed by atoms with E-state index in [9.17, 15) is 5.11 Å². The van der Waals surface area contributed by atoms with Gasteiger partial charge in [-0.1, -0.05) is 12.8 Å². The van der Waals surface area contributed by atoms with Gasteiger partial charge in [0.05, 0.1) is 6.10 Å². The lowest BCUT2D eigenvalue weighted by atomic mass is 9.96. The Labute approximate surface area is 68.0 Å². The quantitative estimate of drug-likeness (QED) is 0.589. The highest BCUT2D eigenvalue weighted by atomic mass is 16.3. The molecule has 1 saturated heterocycles. The van der Waals surface area contributed by atoms with Gasteiger partial charge in [-0.05, 0) is 25.2 Å². The molecule has 2 nitrogen and oxygen atoms in total. The van der Waals surface area contributed by atoms with Gasteiger partial charge >= 0.3 is 0 Å². The van der Waals surface area contributed by atoms with E-state index in [1.165, 1.54) is 25.7 Å². The van der Waals surface area contributed by atoms with E-state index < -0.39 is 0 Å². The first-order valence-electron chi connectivity index (χ1n) is 4.78. The van der Waals surface area contributed by atoms with Crippen molar-refractivity contribution < 1.29 is 5.11 Å². The third-order valence-corrected chi connectivity index (χ3v) is 3.11. The molecule has 2 fully saturated rings. The molecule has 2 unspecified atom stereocenters. The Kier molecular flexibility index (Phi) is 2.14. The summed E-state index contributed by atoms with van der Waals surface area (Å²) in [6.07, 6.45) is 6.48. The summed E-state index contributed by atoms with van der Waals surface area (Å²) in [5.41, 5.74) is 0. The molecular weight excluding hydrogens is 138 g/mol. The zero-order chi connectivity index (χ0) is 7.68. The Bertz CT molecular complexity index is 132. The van der Waals surface area contributed by atoms with E-state index in [4.69, 9.17) is 0 Å². The third kappa shape index (κ3) is 1.57. The monoisotopic (exact) mass is 155 g/mol. The lowest BCUT2D eigenvalue weighted by molar-refractivity contribution is 0.189. The highest BCUT2D eigenvalue weighted by molar-refractivity contribution is 4.88. The van der Waals surface area contributed by atoms with Crippen LogP contribution in [-0.2, 0) is 0 Å². The molecule has 1 aliphatic carbocycles. The molecule has 2 N–H and O–H groups in total. The van der Waals surface area contributed by atoms with Crippen LogP contribution < -0.4 is 5.32 Å². The Morgan fingerprint density at radius 2 is 1.91 bits per heavy atom. The Morgan fingerprint density at radius 3 is 2.45 bits per heavy atom. The van der Waals surface area contributed by atoms with Gasteiger partial charge in [0.1, 0.15) is 0 Å². The van der Waals surface area contributed by atoms with Gasteiger partial charge in [0, 0.05) is 12.6 Å². The number of aliphatic hydroxyl groups excluding tert-OH is 1. The van der Waals surface area contributed by atoms with Gasteiger partial charge in [0.25, 0.3) is 0 Å². The first-order chi connectivity index (χ1) is 5.36. The zero-order valence-electron chi connectivity index (χ0n) is 6.92. The molecule has 2 aliphatic rings. The Hall–Kier alpha value is -0.0800. The molecule has 0 aromatic heterocycles. The summed E-state index contributed by atoms with van der Waals surface area (Å²) >= 11 is 0. The first kappa shape index (κ1) is 7.56. The number of aliphatic hydroxyl groups is 1. The molecule has 2 rings (SSSR count). The van der Waals surface area contributed by atoms with Gasteiger partial charge in [-0.2, -0.15) is 0 Å². The lowest BCUT2D eigenvalue weighted by Gasteiger charge is -2.17. The SMILES string of the molecule is OC1CNC(C2CCCC2)C1. The molecule has 0 aromatic carbocycles. The van der Waals surface area contributed by atoms with Crippen LogP contribution in [0.15, 0.2) is 0 Å². The molecule has 1 saturated carbocycles. The van der Waals surface area contributed by atoms with Crippen LogP contribution in [0.5, 0.6) is 0 Å². The van der Waals surface area contributed by atoms with Gasteiger partial charge in [0.2, 0.25) is 0 Å². The molecule has 2 atom stereocenters. The van der Waals surface area contributed by atoms with Crippen LogP contribution in [0, 0.1) is 5.92 Å². The summed E-state index contributed by atoms with van der Waals surface area (Å²) in [5.74, 6) is 0.868. The second-order valence-electron chi connectivity index (χ2n) is 3.95. The molecule has 0 bridgehead atoms. The fraction of sp³-hybridized carbons (Fsp3) is 1.00. The van der Waals surface area contributed by atoms with E-state index in [1.807, 2.05) is 0 Å². The van der Waals surface area contributed by atoms with Crippen LogP contribution in [0.3, 0.4) is 0 Å². The number of rotatable bonds is 1. The summed E-state index contributed by atoms with van der Waals surface area (Å²) < 4.78 is 0. The molecule has 0 amide bonds. The maximum absolute atomic E-state index is 9.30. The van der Waals surface area contributed by atoms with Crippen molar-refractivity contribution in [3.05, 3.63) is 0 Å². The van der Waals surface area contributed by atoms with Crippen molar-refractivity contribution in [3.8, 4) is 0 Å². The summed E-state index contributed by atoms with van der Waals surface area (Å²) in [6, 6.07) is 0.632. The van der Waals surface area contributed by atoms with Crippen molar-refractivity contribution in [2.24, 2.45) is 5.92 Å². The molecule has 1 aliphatic heterocycles. The van der Waals surface area contributed by atoms with Crippen molar-refractivity contribution in [1.29, 1.82) is 0 Å². The van der Waals surface area contributed by atoms with Crippen molar-refractivity contribution in [3.63, 3.8) is 0 Å². The Morgan fingerprint density at radius 1 is 1.18 bits per heavy atom. The van der Waals surface area contributed by atoms with Gasteiger partial charge in [0.15, 0.2) is 0 Å². The minimum absolute atomic E-state index is 0.0689. The summed E-state index contributed by atoms with van der Waals surface area (Å²) in [5, 5.41) is 12.7. The van der Waals surface area contributed by atoms with E-state index in [0.717, 1.165) is 18.9 Å². The molecule has 1 heterocycles. The molecule has 0 radical (unpaired) electrons. The minimum atomic E-state index is -0.0689. The standard InChI is InChI=1S/C9H17NO/c11-8-5-9(10-6-8)7-3-1-2-4-7/h7-11H,1-6H2. The van der Waals surface area contributed by atoms with Crippen molar-refractivity contribution in [1.82, 2.24) is 5.32 Å².